The summed E-state index contributed by atoms with van der Waals surface area (Å²) < 4.78 is 27.1. The van der Waals surface area contributed by atoms with Crippen LogP contribution in [0.2, 0.25) is 0 Å². The lowest BCUT2D eigenvalue weighted by Crippen LogP contribution is -2.36. The van der Waals surface area contributed by atoms with Gasteiger partial charge in [0.25, 0.3) is 10.0 Å². The van der Waals surface area contributed by atoms with Crippen LogP contribution in [-0.4, -0.2) is 30.4 Å². The zero-order valence-corrected chi connectivity index (χ0v) is 13.5. The highest BCUT2D eigenvalue weighted by Gasteiger charge is 2.20. The van der Waals surface area contributed by atoms with E-state index in [1.54, 1.807) is 30.5 Å². The first kappa shape index (κ1) is 14.5. The van der Waals surface area contributed by atoms with Crippen LogP contribution in [0.15, 0.2) is 65.7 Å². The van der Waals surface area contributed by atoms with Gasteiger partial charge in [0.05, 0.1) is 10.4 Å². The van der Waals surface area contributed by atoms with Gasteiger partial charge in [-0.25, -0.2) is 12.4 Å². The first-order chi connectivity index (χ1) is 11.2. The number of likely N-dealkylation sites (tertiary alicyclic amines) is 1. The molecule has 5 heteroatoms. The van der Waals surface area contributed by atoms with E-state index in [1.807, 2.05) is 24.3 Å². The summed E-state index contributed by atoms with van der Waals surface area (Å²) in [5.74, 6) is 0. The fraction of sp³-hybridized carbons (Fsp3) is 0.222. The minimum absolute atomic E-state index is 0.311. The van der Waals surface area contributed by atoms with Crippen LogP contribution in [0.1, 0.15) is 12.0 Å². The molecule has 0 amide bonds. The van der Waals surface area contributed by atoms with E-state index in [1.165, 1.54) is 16.0 Å². The summed E-state index contributed by atoms with van der Waals surface area (Å²) in [6.45, 7) is 3.13. The average molecular weight is 326 g/mol. The summed E-state index contributed by atoms with van der Waals surface area (Å²) in [5, 5.41) is 1.01. The molecule has 1 aromatic heterocycles. The molecule has 1 fully saturated rings. The standard InChI is InChI=1S/C18H18N2O2S/c21-23(22,16-7-2-1-3-8-16)20-13-10-17-15(6-4-9-18(17)20)14-19-11-5-12-19/h1-4,6-10,13H,5,11-12,14H2. The van der Waals surface area contributed by atoms with Crippen molar-refractivity contribution in [3.8, 4) is 0 Å². The highest BCUT2D eigenvalue weighted by atomic mass is 32.2. The van der Waals surface area contributed by atoms with E-state index in [4.69, 9.17) is 0 Å². The van der Waals surface area contributed by atoms with Crippen molar-refractivity contribution in [1.29, 1.82) is 0 Å². The fourth-order valence-electron chi connectivity index (χ4n) is 3.04. The largest absolute Gasteiger partial charge is 0.299 e. The molecule has 0 aliphatic carbocycles. The summed E-state index contributed by atoms with van der Waals surface area (Å²) in [6.07, 6.45) is 2.91. The van der Waals surface area contributed by atoms with Crippen molar-refractivity contribution in [2.45, 2.75) is 17.9 Å². The Kier molecular flexibility index (Phi) is 3.47. The predicted octanol–water partition coefficient (Wildman–Crippen LogP) is 3.08. The lowest BCUT2D eigenvalue weighted by molar-refractivity contribution is 0.173. The Hall–Kier alpha value is -2.11. The van der Waals surface area contributed by atoms with Crippen molar-refractivity contribution in [3.63, 3.8) is 0 Å². The van der Waals surface area contributed by atoms with Gasteiger partial charge in [-0.2, -0.15) is 0 Å². The van der Waals surface area contributed by atoms with Crippen molar-refractivity contribution < 1.29 is 8.42 Å². The number of aromatic nitrogens is 1. The van der Waals surface area contributed by atoms with Crippen LogP contribution in [0.3, 0.4) is 0 Å². The van der Waals surface area contributed by atoms with Gasteiger partial charge in [0.1, 0.15) is 0 Å². The van der Waals surface area contributed by atoms with Crippen molar-refractivity contribution in [2.24, 2.45) is 0 Å². The van der Waals surface area contributed by atoms with Gasteiger partial charge in [0, 0.05) is 18.1 Å². The maximum absolute atomic E-state index is 12.9. The Balaban J connectivity index is 1.81. The molecule has 0 bridgehead atoms. The SMILES string of the molecule is O=S(=O)(c1ccccc1)n1ccc2c(CN3CCC3)cccc21. The number of benzene rings is 2. The lowest BCUT2D eigenvalue weighted by Gasteiger charge is -2.30. The molecule has 0 N–H and O–H groups in total. The Morgan fingerprint density at radius 2 is 1.70 bits per heavy atom. The summed E-state index contributed by atoms with van der Waals surface area (Å²) in [7, 11) is -3.56. The van der Waals surface area contributed by atoms with Crippen LogP contribution >= 0.6 is 0 Å². The molecule has 2 aromatic carbocycles. The van der Waals surface area contributed by atoms with Crippen LogP contribution in [0.25, 0.3) is 10.9 Å². The van der Waals surface area contributed by atoms with Gasteiger partial charge in [-0.15, -0.1) is 0 Å². The third-order valence-corrected chi connectivity index (χ3v) is 6.13. The van der Waals surface area contributed by atoms with Crippen molar-refractivity contribution >= 4 is 20.9 Å². The highest BCUT2D eigenvalue weighted by molar-refractivity contribution is 7.90. The van der Waals surface area contributed by atoms with Crippen LogP contribution in [0, 0.1) is 0 Å². The molecule has 0 unspecified atom stereocenters. The second-order valence-electron chi connectivity index (χ2n) is 5.91. The Bertz CT molecular complexity index is 942. The van der Waals surface area contributed by atoms with Crippen LogP contribution in [-0.2, 0) is 16.6 Å². The van der Waals surface area contributed by atoms with Crippen LogP contribution in [0.4, 0.5) is 0 Å². The van der Waals surface area contributed by atoms with E-state index in [0.717, 1.165) is 30.5 Å². The fourth-order valence-corrected chi connectivity index (χ4v) is 4.41. The molecule has 2 heterocycles. The molecule has 4 rings (SSSR count). The Labute approximate surface area is 136 Å². The normalized spacial score (nSPS) is 15.7. The minimum Gasteiger partial charge on any atom is -0.299 e. The first-order valence-electron chi connectivity index (χ1n) is 7.78. The van der Waals surface area contributed by atoms with Crippen LogP contribution < -0.4 is 0 Å². The van der Waals surface area contributed by atoms with E-state index < -0.39 is 10.0 Å². The van der Waals surface area contributed by atoms with E-state index in [9.17, 15) is 8.42 Å². The smallest absolute Gasteiger partial charge is 0.268 e. The lowest BCUT2D eigenvalue weighted by atomic mass is 10.1. The molecule has 1 saturated heterocycles. The molecule has 118 valence electrons. The maximum atomic E-state index is 12.9. The molecule has 3 aromatic rings. The van der Waals surface area contributed by atoms with Gasteiger partial charge in [-0.05, 0) is 49.3 Å². The van der Waals surface area contributed by atoms with E-state index in [0.29, 0.717) is 4.90 Å². The van der Waals surface area contributed by atoms with Crippen molar-refractivity contribution in [2.75, 3.05) is 13.1 Å². The molecule has 0 radical (unpaired) electrons. The Morgan fingerprint density at radius 3 is 2.39 bits per heavy atom. The van der Waals surface area contributed by atoms with Gasteiger partial charge in [-0.3, -0.25) is 4.90 Å². The van der Waals surface area contributed by atoms with Gasteiger partial charge >= 0.3 is 0 Å². The van der Waals surface area contributed by atoms with E-state index in [2.05, 4.69) is 11.0 Å². The van der Waals surface area contributed by atoms with Gasteiger partial charge in [-0.1, -0.05) is 30.3 Å². The second kappa shape index (κ2) is 5.51. The van der Waals surface area contributed by atoms with Crippen molar-refractivity contribution in [3.05, 3.63) is 66.4 Å². The predicted molar refractivity (Wildman–Crippen MR) is 90.9 cm³/mol. The monoisotopic (exact) mass is 326 g/mol. The van der Waals surface area contributed by atoms with E-state index >= 15 is 0 Å². The van der Waals surface area contributed by atoms with Crippen molar-refractivity contribution in [1.82, 2.24) is 8.87 Å². The second-order valence-corrected chi connectivity index (χ2v) is 7.72. The van der Waals surface area contributed by atoms with Gasteiger partial charge in [0.15, 0.2) is 0 Å². The molecular weight excluding hydrogens is 308 g/mol. The molecule has 1 aliphatic heterocycles. The average Bonchev–Trinajstić information content (AvgIpc) is 2.97. The first-order valence-corrected chi connectivity index (χ1v) is 9.22. The van der Waals surface area contributed by atoms with Gasteiger partial charge in [0.2, 0.25) is 0 Å². The summed E-state index contributed by atoms with van der Waals surface area (Å²) in [5.41, 5.74) is 1.93. The number of nitrogens with zero attached hydrogens (tertiary/aromatic N) is 2. The Morgan fingerprint density at radius 1 is 0.913 bits per heavy atom. The molecule has 0 saturated carbocycles. The number of fused-ring (bicyclic) bond motifs is 1. The minimum atomic E-state index is -3.56. The molecule has 4 nitrogen and oxygen atoms in total. The van der Waals surface area contributed by atoms with Crippen LogP contribution in [0.5, 0.6) is 0 Å². The number of hydrogen-bond donors (Lipinski definition) is 0. The molecule has 1 aliphatic rings. The molecule has 0 atom stereocenters. The molecule has 0 spiro atoms. The number of hydrogen-bond acceptors (Lipinski definition) is 3. The molecule has 23 heavy (non-hydrogen) atoms. The van der Waals surface area contributed by atoms with E-state index in [-0.39, 0.29) is 0 Å². The van der Waals surface area contributed by atoms with Gasteiger partial charge < -0.3 is 0 Å². The zero-order chi connectivity index (χ0) is 15.9. The summed E-state index contributed by atoms with van der Waals surface area (Å²) in [4.78, 5) is 2.68. The number of rotatable bonds is 4. The quantitative estimate of drug-likeness (QED) is 0.740. The third-order valence-electron chi connectivity index (χ3n) is 4.43. The summed E-state index contributed by atoms with van der Waals surface area (Å²) in [6, 6.07) is 16.4. The maximum Gasteiger partial charge on any atom is 0.268 e. The summed E-state index contributed by atoms with van der Waals surface area (Å²) >= 11 is 0. The highest BCUT2D eigenvalue weighted by Crippen LogP contribution is 2.26. The topological polar surface area (TPSA) is 42.3 Å². The molecular formula is C18H18N2O2S. The third kappa shape index (κ3) is 2.46. The zero-order valence-electron chi connectivity index (χ0n) is 12.7.